The zero-order valence-corrected chi connectivity index (χ0v) is 12.6. The molecular weight excluding hydrogens is 274 g/mol. The van der Waals surface area contributed by atoms with Gasteiger partial charge in [0, 0.05) is 19.7 Å². The molecule has 0 saturated carbocycles. The summed E-state index contributed by atoms with van der Waals surface area (Å²) in [5.41, 5.74) is 4.06. The highest BCUT2D eigenvalue weighted by Gasteiger charge is 2.16. The van der Waals surface area contributed by atoms with Crippen LogP contribution in [0.15, 0.2) is 18.2 Å². The van der Waals surface area contributed by atoms with Gasteiger partial charge in [0.05, 0.1) is 5.75 Å². The highest BCUT2D eigenvalue weighted by molar-refractivity contribution is 7.89. The summed E-state index contributed by atoms with van der Waals surface area (Å²) in [6, 6.07) is 3.78. The highest BCUT2D eigenvalue weighted by atomic mass is 32.2. The fourth-order valence-electron chi connectivity index (χ4n) is 2.48. The zero-order chi connectivity index (χ0) is 14.8. The molecule has 0 spiro atoms. The van der Waals surface area contributed by atoms with Crippen LogP contribution in [0.25, 0.3) is 6.08 Å². The van der Waals surface area contributed by atoms with Crippen LogP contribution in [-0.4, -0.2) is 20.6 Å². The van der Waals surface area contributed by atoms with Gasteiger partial charge in [0.1, 0.15) is 0 Å². The summed E-state index contributed by atoms with van der Waals surface area (Å²) in [5.74, 6) is 0.00241. The average Bonchev–Trinajstić information content (AvgIpc) is 2.36. The minimum absolute atomic E-state index is 0.0706. The lowest BCUT2D eigenvalue weighted by Gasteiger charge is -2.19. The monoisotopic (exact) mass is 293 g/mol. The van der Waals surface area contributed by atoms with Crippen LogP contribution in [-0.2, 0) is 33.4 Å². The van der Waals surface area contributed by atoms with Crippen molar-refractivity contribution >= 4 is 21.8 Å². The summed E-state index contributed by atoms with van der Waals surface area (Å²) in [6.07, 6.45) is 7.15. The van der Waals surface area contributed by atoms with E-state index in [1.54, 1.807) is 0 Å². The maximum Gasteiger partial charge on any atom is 0.217 e. The van der Waals surface area contributed by atoms with E-state index in [9.17, 15) is 13.2 Å². The van der Waals surface area contributed by atoms with Gasteiger partial charge in [0.25, 0.3) is 0 Å². The lowest BCUT2D eigenvalue weighted by atomic mass is 9.89. The van der Waals surface area contributed by atoms with Crippen LogP contribution in [0, 0.1) is 0 Å². The van der Waals surface area contributed by atoms with E-state index in [1.807, 2.05) is 18.2 Å². The quantitative estimate of drug-likeness (QED) is 0.921. The number of hydrogen-bond donors (Lipinski definition) is 1. The first-order valence-corrected chi connectivity index (χ1v) is 8.65. The van der Waals surface area contributed by atoms with E-state index in [1.165, 1.54) is 13.2 Å². The van der Waals surface area contributed by atoms with Gasteiger partial charge in [-0.1, -0.05) is 24.3 Å². The predicted molar refractivity (Wildman–Crippen MR) is 79.9 cm³/mol. The Bertz CT molecular complexity index is 660. The Labute approximate surface area is 119 Å². The van der Waals surface area contributed by atoms with E-state index in [0.717, 1.165) is 35.1 Å². The van der Waals surface area contributed by atoms with Crippen molar-refractivity contribution in [2.45, 2.75) is 32.1 Å². The molecule has 0 bridgehead atoms. The second-order valence-electron chi connectivity index (χ2n) is 5.20. The lowest BCUT2D eigenvalue weighted by molar-refractivity contribution is -0.119. The van der Waals surface area contributed by atoms with Gasteiger partial charge in [0.15, 0.2) is 9.84 Å². The van der Waals surface area contributed by atoms with Crippen molar-refractivity contribution in [3.63, 3.8) is 0 Å². The molecule has 4 nitrogen and oxygen atoms in total. The van der Waals surface area contributed by atoms with Gasteiger partial charge in [-0.25, -0.2) is 8.42 Å². The van der Waals surface area contributed by atoms with Gasteiger partial charge in [-0.2, -0.15) is 0 Å². The third kappa shape index (κ3) is 3.70. The van der Waals surface area contributed by atoms with E-state index in [2.05, 4.69) is 11.4 Å². The number of carbonyl (C=O) groups is 1. The predicted octanol–water partition coefficient (Wildman–Crippen LogP) is 1.83. The van der Waals surface area contributed by atoms with Crippen LogP contribution in [0.4, 0.5) is 0 Å². The molecule has 0 saturated heterocycles. The van der Waals surface area contributed by atoms with Crippen molar-refractivity contribution in [2.75, 3.05) is 6.26 Å². The fourth-order valence-corrected chi connectivity index (χ4v) is 3.32. The first kappa shape index (κ1) is 14.8. The first-order chi connectivity index (χ1) is 9.37. The van der Waals surface area contributed by atoms with Crippen LogP contribution >= 0.6 is 0 Å². The van der Waals surface area contributed by atoms with Gasteiger partial charge in [-0.15, -0.1) is 0 Å². The third-order valence-electron chi connectivity index (χ3n) is 3.34. The minimum atomic E-state index is -3.04. The van der Waals surface area contributed by atoms with Gasteiger partial charge >= 0.3 is 0 Å². The molecule has 0 unspecified atom stereocenters. The molecule has 20 heavy (non-hydrogen) atoms. The molecule has 1 N–H and O–H groups in total. The van der Waals surface area contributed by atoms with Crippen molar-refractivity contribution < 1.29 is 13.2 Å². The molecule has 0 aliphatic heterocycles. The molecular formula is C15H19NO3S. The van der Waals surface area contributed by atoms with Crippen molar-refractivity contribution in [3.05, 3.63) is 40.5 Å². The van der Waals surface area contributed by atoms with Crippen LogP contribution in [0.5, 0.6) is 0 Å². The normalized spacial score (nSPS) is 13.9. The van der Waals surface area contributed by atoms with Crippen molar-refractivity contribution in [1.29, 1.82) is 0 Å². The summed E-state index contributed by atoms with van der Waals surface area (Å²) < 4.78 is 23.0. The van der Waals surface area contributed by atoms with E-state index >= 15 is 0 Å². The average molecular weight is 293 g/mol. The van der Waals surface area contributed by atoms with Gasteiger partial charge in [0.2, 0.25) is 5.91 Å². The summed E-state index contributed by atoms with van der Waals surface area (Å²) >= 11 is 0. The topological polar surface area (TPSA) is 63.2 Å². The standard InChI is InChI=1S/C15H19NO3S/c1-11(17)16-9-12-7-8-13(10-20(2,18)19)15-6-4-3-5-14(12)15/h3,5,7-8H,4,6,9-10H2,1-2H3,(H,16,17). The number of fused-ring (bicyclic) bond motifs is 1. The number of amides is 1. The Morgan fingerprint density at radius 3 is 2.65 bits per heavy atom. The molecule has 1 amide bonds. The van der Waals surface area contributed by atoms with E-state index in [0.29, 0.717) is 6.54 Å². The smallest absolute Gasteiger partial charge is 0.217 e. The van der Waals surface area contributed by atoms with Gasteiger partial charge < -0.3 is 5.32 Å². The van der Waals surface area contributed by atoms with Crippen LogP contribution in [0.3, 0.4) is 0 Å². The molecule has 0 radical (unpaired) electrons. The molecule has 1 aliphatic rings. The summed E-state index contributed by atoms with van der Waals surface area (Å²) in [5, 5.41) is 2.79. The largest absolute Gasteiger partial charge is 0.352 e. The number of sulfone groups is 1. The molecule has 0 atom stereocenters. The van der Waals surface area contributed by atoms with Crippen molar-refractivity contribution in [3.8, 4) is 0 Å². The van der Waals surface area contributed by atoms with Crippen molar-refractivity contribution in [1.82, 2.24) is 5.32 Å². The Morgan fingerprint density at radius 1 is 1.30 bits per heavy atom. The molecule has 5 heteroatoms. The minimum Gasteiger partial charge on any atom is -0.352 e. The summed E-state index contributed by atoms with van der Waals surface area (Å²) in [6.45, 7) is 1.96. The molecule has 0 heterocycles. The molecule has 1 aromatic rings. The Morgan fingerprint density at radius 2 is 2.00 bits per heavy atom. The second-order valence-corrected chi connectivity index (χ2v) is 7.34. The maximum absolute atomic E-state index is 11.5. The Balaban J connectivity index is 2.39. The number of rotatable bonds is 4. The fraction of sp³-hybridized carbons (Fsp3) is 0.400. The number of hydrogen-bond acceptors (Lipinski definition) is 3. The molecule has 1 aromatic carbocycles. The zero-order valence-electron chi connectivity index (χ0n) is 11.8. The third-order valence-corrected chi connectivity index (χ3v) is 4.17. The van der Waals surface area contributed by atoms with Gasteiger partial charge in [-0.05, 0) is 35.1 Å². The first-order valence-electron chi connectivity index (χ1n) is 6.59. The number of nitrogens with one attached hydrogen (secondary N) is 1. The number of allylic oxidation sites excluding steroid dienone is 1. The SMILES string of the molecule is CC(=O)NCc1ccc(CS(C)(=O)=O)c2c1C=CCC2. The Hall–Kier alpha value is -1.62. The molecule has 2 rings (SSSR count). The molecule has 0 aromatic heterocycles. The van der Waals surface area contributed by atoms with Crippen LogP contribution in [0.1, 0.15) is 35.6 Å². The van der Waals surface area contributed by atoms with E-state index in [4.69, 9.17) is 0 Å². The summed E-state index contributed by atoms with van der Waals surface area (Å²) in [4.78, 5) is 11.0. The van der Waals surface area contributed by atoms with Crippen molar-refractivity contribution in [2.24, 2.45) is 0 Å². The van der Waals surface area contributed by atoms with E-state index in [-0.39, 0.29) is 11.7 Å². The van der Waals surface area contributed by atoms with Gasteiger partial charge in [-0.3, -0.25) is 4.79 Å². The maximum atomic E-state index is 11.5. The molecule has 0 fully saturated rings. The summed E-state index contributed by atoms with van der Waals surface area (Å²) in [7, 11) is -3.04. The second kappa shape index (κ2) is 5.79. The number of benzene rings is 1. The van der Waals surface area contributed by atoms with Crippen LogP contribution in [0.2, 0.25) is 0 Å². The Kier molecular flexibility index (Phi) is 4.28. The van der Waals surface area contributed by atoms with Crippen LogP contribution < -0.4 is 5.32 Å². The molecule has 108 valence electrons. The highest BCUT2D eigenvalue weighted by Crippen LogP contribution is 2.27. The van der Waals surface area contributed by atoms with E-state index < -0.39 is 9.84 Å². The molecule has 1 aliphatic carbocycles. The lowest BCUT2D eigenvalue weighted by Crippen LogP contribution is -2.20. The number of carbonyl (C=O) groups excluding carboxylic acids is 1.